The zero-order valence-electron chi connectivity index (χ0n) is 52.9. The lowest BCUT2D eigenvalue weighted by molar-refractivity contribution is 0.569. The normalized spacial score (nSPS) is 13.2. The molecule has 0 atom stereocenters. The highest BCUT2D eigenvalue weighted by Crippen LogP contribution is 2.57. The molecule has 426 valence electrons. The van der Waals surface area contributed by atoms with Gasteiger partial charge in [0.1, 0.15) is 0 Å². The van der Waals surface area contributed by atoms with Crippen LogP contribution in [0.4, 0.5) is 0 Å². The van der Waals surface area contributed by atoms with E-state index in [0.29, 0.717) is 5.92 Å². The smallest absolute Gasteiger partial charge is 0.000740 e. The van der Waals surface area contributed by atoms with Crippen LogP contribution < -0.4 is 0 Å². The van der Waals surface area contributed by atoms with Crippen LogP contribution in [0, 0.1) is 0 Å². The molecule has 0 nitrogen and oxygen atoms in total. The van der Waals surface area contributed by atoms with Crippen LogP contribution in [-0.2, 0) is 16.2 Å². The Labute approximate surface area is 520 Å². The molecule has 0 unspecified atom stereocenters. The van der Waals surface area contributed by atoms with E-state index in [4.69, 9.17) is 0 Å². The van der Waals surface area contributed by atoms with Crippen LogP contribution in [0.3, 0.4) is 0 Å². The van der Waals surface area contributed by atoms with E-state index in [1.807, 2.05) is 0 Å². The second-order valence-corrected chi connectivity index (χ2v) is 29.6. The Balaban J connectivity index is 0.930. The molecule has 0 aliphatic heterocycles. The first-order valence-electron chi connectivity index (χ1n) is 32.3. The summed E-state index contributed by atoms with van der Waals surface area (Å²) in [6.45, 7) is 25.8. The maximum Gasteiger partial charge on any atom is -0.000740 e. The van der Waals surface area contributed by atoms with E-state index in [1.165, 1.54) is 207 Å². The van der Waals surface area contributed by atoms with E-state index in [2.05, 4.69) is 295 Å². The van der Waals surface area contributed by atoms with Gasteiger partial charge in [-0.1, -0.05) is 282 Å². The summed E-state index contributed by atoms with van der Waals surface area (Å²) in [6.07, 6.45) is 0. The van der Waals surface area contributed by atoms with Crippen LogP contribution in [0.5, 0.6) is 0 Å². The molecule has 0 radical (unpaired) electrons. The second kappa shape index (κ2) is 18.0. The van der Waals surface area contributed by atoms with Crippen molar-refractivity contribution in [1.82, 2.24) is 0 Å². The minimum absolute atomic E-state index is 0.0125. The second-order valence-electron chi connectivity index (χ2n) is 29.6. The molecule has 0 spiro atoms. The predicted octanol–water partition coefficient (Wildman–Crippen LogP) is 26.1. The molecule has 18 aromatic rings. The van der Waals surface area contributed by atoms with Crippen molar-refractivity contribution in [3.8, 4) is 44.5 Å². The van der Waals surface area contributed by atoms with Gasteiger partial charge in [0.25, 0.3) is 0 Å². The molecule has 0 heteroatoms. The number of fused-ring (bicyclic) bond motifs is 11. The molecule has 89 heavy (non-hydrogen) atoms. The van der Waals surface area contributed by atoms with Gasteiger partial charge in [0.05, 0.1) is 0 Å². The molecule has 0 saturated carbocycles. The molecule has 0 bridgehead atoms. The fourth-order valence-electron chi connectivity index (χ4n) is 16.9. The molecule has 0 saturated heterocycles. The number of benzene rings is 16. The summed E-state index contributed by atoms with van der Waals surface area (Å²) in [5.41, 5.74) is 16.0. The van der Waals surface area contributed by atoms with Crippen molar-refractivity contribution >= 4 is 140 Å². The van der Waals surface area contributed by atoms with Gasteiger partial charge in [-0.2, -0.15) is 0 Å². The van der Waals surface area contributed by atoms with E-state index in [0.717, 1.165) is 0 Å². The standard InChI is InChI=1S/C89H70/c1-48(2)54-25-20-30-75(89(9,10)11)80(54)62-34-33-61-65-36-38-68-72-47-74-73(46-71(72)67-37-35-63(81(65)83(67)68)59-29-19-27-57(62)79(59)61)76(49-21-14-12-15-22-49)85-69-41-39-64-58-28-18-26-56-55(51-43-52(87(3,4)5)45-53(44-51)88(6,7)8)31-32-60(78(56)58)66-40-42-70(84(69)82(64)66)86(85)77(74)50-23-16-13-17-24-50/h12-48H,1-11H3. The summed E-state index contributed by atoms with van der Waals surface area (Å²) in [5, 5.41) is 34.5. The molecule has 0 amide bonds. The van der Waals surface area contributed by atoms with Gasteiger partial charge in [0.15, 0.2) is 0 Å². The summed E-state index contributed by atoms with van der Waals surface area (Å²) in [6, 6.07) is 85.8. The highest BCUT2D eigenvalue weighted by molar-refractivity contribution is 6.48. The Morgan fingerprint density at radius 3 is 1.02 bits per heavy atom. The minimum Gasteiger partial charge on any atom is -0.0622 e. The Bertz CT molecular complexity index is 5760. The van der Waals surface area contributed by atoms with E-state index in [9.17, 15) is 0 Å². The Kier molecular flexibility index (Phi) is 10.6. The zero-order valence-corrected chi connectivity index (χ0v) is 52.9. The van der Waals surface area contributed by atoms with E-state index in [1.54, 1.807) is 0 Å². The summed E-state index contributed by atoms with van der Waals surface area (Å²) >= 11 is 0. The molecular weight excluding hydrogens is 1070 g/mol. The first kappa shape index (κ1) is 52.5. The van der Waals surface area contributed by atoms with Gasteiger partial charge in [0, 0.05) is 0 Å². The average Bonchev–Trinajstić information content (AvgIpc) is 1.59. The molecule has 0 aliphatic rings. The molecular formula is C89H70. The number of rotatable bonds is 5. The predicted molar refractivity (Wildman–Crippen MR) is 391 cm³/mol. The highest BCUT2D eigenvalue weighted by Gasteiger charge is 2.30. The van der Waals surface area contributed by atoms with Gasteiger partial charge in [0.2, 0.25) is 0 Å². The monoisotopic (exact) mass is 1140 g/mol. The first-order valence-corrected chi connectivity index (χ1v) is 32.3. The maximum atomic E-state index is 2.60. The molecule has 0 aliphatic carbocycles. The van der Waals surface area contributed by atoms with E-state index < -0.39 is 0 Å². The fraction of sp³-hybridized carbons (Fsp3) is 0.169. The maximum absolute atomic E-state index is 2.60. The largest absolute Gasteiger partial charge is 0.0622 e. The SMILES string of the molecule is CC(C)c1cccc(C(C)(C)C)c1-c1ccc2c3ccc4c5cc6c(-c7ccccc7)c7c8ccc9c%10ccc(-c%11cc(C(C)(C)C)cc(C(C)(C)C)c%11)c%11cccc(c%12ccc(c7c(-c7ccccc7)c6cc5c5ccc(c6cccc1c62)c3c54)c8c%129)c%11%10. The Morgan fingerprint density at radius 2 is 0.584 bits per heavy atom. The van der Waals surface area contributed by atoms with Crippen LogP contribution in [0.2, 0.25) is 0 Å². The lowest BCUT2D eigenvalue weighted by atomic mass is 9.76. The third kappa shape index (κ3) is 7.18. The van der Waals surface area contributed by atoms with Gasteiger partial charge in [-0.3, -0.25) is 0 Å². The summed E-state index contributed by atoms with van der Waals surface area (Å²) in [7, 11) is 0. The lowest BCUT2D eigenvalue weighted by Gasteiger charge is -2.27. The van der Waals surface area contributed by atoms with Crippen molar-refractivity contribution < 1.29 is 0 Å². The van der Waals surface area contributed by atoms with Crippen LogP contribution >= 0.6 is 0 Å². The van der Waals surface area contributed by atoms with Gasteiger partial charge in [-0.15, -0.1) is 0 Å². The number of hydrogen-bond donors (Lipinski definition) is 0. The van der Waals surface area contributed by atoms with Gasteiger partial charge >= 0.3 is 0 Å². The third-order valence-electron chi connectivity index (χ3n) is 21.0. The fourth-order valence-corrected chi connectivity index (χ4v) is 16.9. The summed E-state index contributed by atoms with van der Waals surface area (Å²) in [5.74, 6) is 0.389. The van der Waals surface area contributed by atoms with Crippen LogP contribution in [0.1, 0.15) is 104 Å². The van der Waals surface area contributed by atoms with Crippen molar-refractivity contribution in [2.45, 2.75) is 98.3 Å². The van der Waals surface area contributed by atoms with Crippen molar-refractivity contribution in [3.05, 3.63) is 241 Å². The van der Waals surface area contributed by atoms with E-state index >= 15 is 0 Å². The van der Waals surface area contributed by atoms with E-state index in [-0.39, 0.29) is 16.2 Å². The van der Waals surface area contributed by atoms with Crippen molar-refractivity contribution in [2.75, 3.05) is 0 Å². The lowest BCUT2D eigenvalue weighted by Crippen LogP contribution is -2.16. The third-order valence-corrected chi connectivity index (χ3v) is 21.0. The minimum atomic E-state index is -0.0179. The van der Waals surface area contributed by atoms with Crippen molar-refractivity contribution in [2.24, 2.45) is 0 Å². The molecule has 0 fully saturated rings. The quantitative estimate of drug-likeness (QED) is 0.119. The Hall–Kier alpha value is -9.62. The summed E-state index contributed by atoms with van der Waals surface area (Å²) in [4.78, 5) is 0. The molecule has 0 heterocycles. The zero-order chi connectivity index (χ0) is 60.5. The molecule has 0 aromatic heterocycles. The number of hydrogen-bond acceptors (Lipinski definition) is 0. The van der Waals surface area contributed by atoms with Gasteiger partial charge < -0.3 is 0 Å². The van der Waals surface area contributed by atoms with Crippen molar-refractivity contribution in [1.29, 1.82) is 0 Å². The van der Waals surface area contributed by atoms with Crippen LogP contribution in [0.25, 0.3) is 185 Å². The van der Waals surface area contributed by atoms with Crippen molar-refractivity contribution in [3.63, 3.8) is 0 Å². The molecule has 0 N–H and O–H groups in total. The first-order chi connectivity index (χ1) is 42.9. The topological polar surface area (TPSA) is 0 Å². The summed E-state index contributed by atoms with van der Waals surface area (Å²) < 4.78 is 0. The molecule has 18 rings (SSSR count). The van der Waals surface area contributed by atoms with Crippen LogP contribution in [-0.4, -0.2) is 0 Å². The van der Waals surface area contributed by atoms with Gasteiger partial charge in [-0.25, -0.2) is 0 Å². The average molecular weight is 1140 g/mol. The molecule has 18 aromatic carbocycles. The highest BCUT2D eigenvalue weighted by atomic mass is 14.3. The Morgan fingerprint density at radius 1 is 0.225 bits per heavy atom. The van der Waals surface area contributed by atoms with Gasteiger partial charge in [-0.05, 0) is 241 Å². The van der Waals surface area contributed by atoms with Crippen LogP contribution in [0.15, 0.2) is 218 Å².